The molecule has 0 saturated heterocycles. The van der Waals surface area contributed by atoms with Crippen LogP contribution in [0, 0.1) is 0 Å². The van der Waals surface area contributed by atoms with Gasteiger partial charge in [0, 0.05) is 13.1 Å². The summed E-state index contributed by atoms with van der Waals surface area (Å²) in [6, 6.07) is 0. The number of likely N-dealkylation sites (N-methyl/N-ethyl adjacent to an activating group) is 1. The van der Waals surface area contributed by atoms with Crippen LogP contribution in [0.5, 0.6) is 0 Å². The van der Waals surface area contributed by atoms with Crippen molar-refractivity contribution in [1.29, 1.82) is 0 Å². The van der Waals surface area contributed by atoms with E-state index >= 15 is 0 Å². The smallest absolute Gasteiger partial charge is 0.0900 e. The molecule has 0 saturated carbocycles. The number of aliphatic hydroxyl groups is 1. The maximum Gasteiger partial charge on any atom is 0.0900 e. The summed E-state index contributed by atoms with van der Waals surface area (Å²) in [5, 5.41) is 9.61. The fraction of sp³-hybridized carbons (Fsp3) is 0.833. The number of nitrogens with zero attached hydrogens (tertiary/aromatic N) is 1. The van der Waals surface area contributed by atoms with Crippen LogP contribution in [0.1, 0.15) is 13.8 Å². The van der Waals surface area contributed by atoms with Gasteiger partial charge in [0.15, 0.2) is 0 Å². The second-order valence-corrected chi connectivity index (χ2v) is 4.16. The minimum Gasteiger partial charge on any atom is -0.389 e. The molecule has 16 heavy (non-hydrogen) atoms. The van der Waals surface area contributed by atoms with Gasteiger partial charge in [-0.2, -0.15) is 0 Å². The van der Waals surface area contributed by atoms with E-state index in [9.17, 15) is 5.11 Å². The lowest BCUT2D eigenvalue weighted by Gasteiger charge is -2.19. The molecule has 1 N–H and O–H groups in total. The van der Waals surface area contributed by atoms with Crippen molar-refractivity contribution in [1.82, 2.24) is 4.90 Å². The molecule has 0 heterocycles. The second-order valence-electron chi connectivity index (χ2n) is 4.16. The van der Waals surface area contributed by atoms with Gasteiger partial charge in [-0.1, -0.05) is 6.08 Å². The zero-order valence-corrected chi connectivity index (χ0v) is 10.7. The fourth-order valence-electron chi connectivity index (χ4n) is 1.27. The van der Waals surface area contributed by atoms with Crippen molar-refractivity contribution in [3.8, 4) is 0 Å². The number of aliphatic hydroxyl groups excluding tert-OH is 1. The van der Waals surface area contributed by atoms with Gasteiger partial charge in [-0.25, -0.2) is 0 Å². The lowest BCUT2D eigenvalue weighted by Crippen LogP contribution is -2.32. The van der Waals surface area contributed by atoms with Gasteiger partial charge < -0.3 is 19.5 Å². The summed E-state index contributed by atoms with van der Waals surface area (Å²) < 4.78 is 10.6. The molecule has 0 bridgehead atoms. The van der Waals surface area contributed by atoms with E-state index in [1.807, 2.05) is 31.9 Å². The minimum absolute atomic E-state index is 0.229. The van der Waals surface area contributed by atoms with Crippen molar-refractivity contribution in [3.05, 3.63) is 12.7 Å². The maximum atomic E-state index is 9.61. The van der Waals surface area contributed by atoms with Gasteiger partial charge in [0.05, 0.1) is 32.0 Å². The molecule has 1 atom stereocenters. The topological polar surface area (TPSA) is 41.9 Å². The van der Waals surface area contributed by atoms with Gasteiger partial charge in [0.25, 0.3) is 0 Å². The van der Waals surface area contributed by atoms with Gasteiger partial charge in [0.2, 0.25) is 0 Å². The van der Waals surface area contributed by atoms with E-state index in [4.69, 9.17) is 9.47 Å². The Labute approximate surface area is 98.8 Å². The Morgan fingerprint density at radius 2 is 2.06 bits per heavy atom. The lowest BCUT2D eigenvalue weighted by molar-refractivity contribution is -0.0162. The first-order valence-corrected chi connectivity index (χ1v) is 5.73. The monoisotopic (exact) mass is 231 g/mol. The third-order valence-electron chi connectivity index (χ3n) is 1.95. The normalized spacial score (nSPS) is 13.4. The molecule has 4 nitrogen and oxygen atoms in total. The van der Waals surface area contributed by atoms with Crippen molar-refractivity contribution < 1.29 is 14.6 Å². The summed E-state index contributed by atoms with van der Waals surface area (Å²) in [6.45, 7) is 10.4. The molecule has 1 unspecified atom stereocenters. The zero-order chi connectivity index (χ0) is 12.4. The highest BCUT2D eigenvalue weighted by atomic mass is 16.5. The van der Waals surface area contributed by atoms with E-state index in [-0.39, 0.29) is 6.10 Å². The standard InChI is InChI=1S/C12H25NO3/c1-5-6-13(4)9-12(14)10-15-7-8-16-11(2)3/h5,11-12,14H,1,6-10H2,2-4H3. The van der Waals surface area contributed by atoms with E-state index in [2.05, 4.69) is 6.58 Å². The molecule has 0 aliphatic rings. The minimum atomic E-state index is -0.455. The lowest BCUT2D eigenvalue weighted by atomic mass is 10.3. The quantitative estimate of drug-likeness (QED) is 0.448. The van der Waals surface area contributed by atoms with Gasteiger partial charge in [-0.05, 0) is 20.9 Å². The number of hydrogen-bond acceptors (Lipinski definition) is 4. The number of rotatable bonds is 10. The van der Waals surface area contributed by atoms with Gasteiger partial charge in [0.1, 0.15) is 0 Å². The predicted octanol–water partition coefficient (Wildman–Crippen LogP) is 0.907. The molecule has 0 rings (SSSR count). The van der Waals surface area contributed by atoms with Crippen LogP contribution in [0.4, 0.5) is 0 Å². The predicted molar refractivity (Wildman–Crippen MR) is 65.6 cm³/mol. The first-order chi connectivity index (χ1) is 7.56. The molecule has 0 aliphatic heterocycles. The third kappa shape index (κ3) is 10.1. The van der Waals surface area contributed by atoms with Crippen molar-refractivity contribution >= 4 is 0 Å². The summed E-state index contributed by atoms with van der Waals surface area (Å²) in [4.78, 5) is 1.99. The van der Waals surface area contributed by atoms with Crippen LogP contribution in [0.3, 0.4) is 0 Å². The van der Waals surface area contributed by atoms with Crippen molar-refractivity contribution in [2.75, 3.05) is 40.0 Å². The fourth-order valence-corrected chi connectivity index (χ4v) is 1.27. The Bertz CT molecular complexity index is 174. The highest BCUT2D eigenvalue weighted by Gasteiger charge is 2.07. The summed E-state index contributed by atoms with van der Waals surface area (Å²) >= 11 is 0. The largest absolute Gasteiger partial charge is 0.389 e. The highest BCUT2D eigenvalue weighted by molar-refractivity contribution is 4.72. The van der Waals surface area contributed by atoms with E-state index in [1.165, 1.54) is 0 Å². The molecule has 0 aromatic rings. The molecular weight excluding hydrogens is 206 g/mol. The summed E-state index contributed by atoms with van der Waals surface area (Å²) in [5.41, 5.74) is 0. The van der Waals surface area contributed by atoms with Crippen LogP contribution in [0.25, 0.3) is 0 Å². The molecule has 0 radical (unpaired) electrons. The van der Waals surface area contributed by atoms with Gasteiger partial charge in [-0.15, -0.1) is 6.58 Å². The summed E-state index contributed by atoms with van der Waals surface area (Å²) in [7, 11) is 1.94. The molecule has 0 spiro atoms. The van der Waals surface area contributed by atoms with E-state index in [0.29, 0.717) is 26.4 Å². The van der Waals surface area contributed by atoms with Crippen LogP contribution in [0.2, 0.25) is 0 Å². The molecule has 0 amide bonds. The summed E-state index contributed by atoms with van der Waals surface area (Å²) in [5.74, 6) is 0. The van der Waals surface area contributed by atoms with Gasteiger partial charge >= 0.3 is 0 Å². The number of ether oxygens (including phenoxy) is 2. The highest BCUT2D eigenvalue weighted by Crippen LogP contribution is 1.92. The Kier molecular flexibility index (Phi) is 9.52. The first-order valence-electron chi connectivity index (χ1n) is 5.73. The first kappa shape index (κ1) is 15.6. The van der Waals surface area contributed by atoms with Crippen LogP contribution in [0.15, 0.2) is 12.7 Å². The number of hydrogen-bond donors (Lipinski definition) is 1. The average Bonchev–Trinajstić information content (AvgIpc) is 2.16. The molecule has 0 aromatic heterocycles. The van der Waals surface area contributed by atoms with E-state index in [0.717, 1.165) is 6.54 Å². The molecule has 0 aliphatic carbocycles. The van der Waals surface area contributed by atoms with Gasteiger partial charge in [-0.3, -0.25) is 0 Å². The Balaban J connectivity index is 3.36. The van der Waals surface area contributed by atoms with Crippen molar-refractivity contribution in [2.24, 2.45) is 0 Å². The molecule has 0 aromatic carbocycles. The van der Waals surface area contributed by atoms with Crippen LogP contribution in [-0.2, 0) is 9.47 Å². The Hall–Kier alpha value is -0.420. The van der Waals surface area contributed by atoms with E-state index in [1.54, 1.807) is 0 Å². The van der Waals surface area contributed by atoms with Crippen molar-refractivity contribution in [2.45, 2.75) is 26.1 Å². The van der Waals surface area contributed by atoms with Crippen LogP contribution < -0.4 is 0 Å². The van der Waals surface area contributed by atoms with Crippen LogP contribution >= 0.6 is 0 Å². The van der Waals surface area contributed by atoms with Crippen LogP contribution in [-0.4, -0.2) is 62.2 Å². The summed E-state index contributed by atoms with van der Waals surface area (Å²) in [6.07, 6.45) is 1.58. The average molecular weight is 231 g/mol. The SMILES string of the molecule is C=CCN(C)CC(O)COCCOC(C)C. The second kappa shape index (κ2) is 9.78. The molecular formula is C12H25NO3. The maximum absolute atomic E-state index is 9.61. The Morgan fingerprint density at radius 1 is 1.38 bits per heavy atom. The Morgan fingerprint density at radius 3 is 2.62 bits per heavy atom. The molecule has 4 heteroatoms. The zero-order valence-electron chi connectivity index (χ0n) is 10.7. The van der Waals surface area contributed by atoms with Crippen molar-refractivity contribution in [3.63, 3.8) is 0 Å². The van der Waals surface area contributed by atoms with E-state index < -0.39 is 6.10 Å². The third-order valence-corrected chi connectivity index (χ3v) is 1.95. The molecule has 96 valence electrons. The molecule has 0 fully saturated rings.